The summed E-state index contributed by atoms with van der Waals surface area (Å²) in [6.45, 7) is 8.39. The van der Waals surface area contributed by atoms with E-state index >= 15 is 0 Å². The van der Waals surface area contributed by atoms with Gasteiger partial charge in [0.25, 0.3) is 0 Å². The highest BCUT2D eigenvalue weighted by Gasteiger charge is 2.43. The summed E-state index contributed by atoms with van der Waals surface area (Å²) >= 11 is 0. The monoisotopic (exact) mass is 393 g/mol. The number of pyridine rings is 3. The van der Waals surface area contributed by atoms with Crippen molar-refractivity contribution in [3.05, 3.63) is 41.9 Å². The standard InChI is InChI=1S/C22H24FN5O/c1-11-5-18(22(2,3)4)25-9-14(11)17-6-12-7-19(26-10-15(12)20(24)27-17)28-21(29)13-8-16(13)23/h5-7,9-10,13,16H,8H2,1-4H3,(H2,24,27)(H,26,28,29). The Kier molecular flexibility index (Phi) is 4.48. The summed E-state index contributed by atoms with van der Waals surface area (Å²) in [6.07, 6.45) is 2.62. The highest BCUT2D eigenvalue weighted by Crippen LogP contribution is 2.35. The number of hydrogen-bond acceptors (Lipinski definition) is 5. The first-order valence-electron chi connectivity index (χ1n) is 9.62. The predicted octanol–water partition coefficient (Wildman–Crippen LogP) is 4.18. The fraction of sp³-hybridized carbons (Fsp3) is 0.364. The Hall–Kier alpha value is -3.09. The van der Waals surface area contributed by atoms with Crippen LogP contribution in [0.3, 0.4) is 0 Å². The third-order valence-electron chi connectivity index (χ3n) is 5.20. The van der Waals surface area contributed by atoms with Crippen LogP contribution in [0.15, 0.2) is 30.6 Å². The Bertz CT molecular complexity index is 1120. The maximum atomic E-state index is 13.1. The van der Waals surface area contributed by atoms with Gasteiger partial charge in [-0.1, -0.05) is 20.8 Å². The van der Waals surface area contributed by atoms with Gasteiger partial charge in [0.15, 0.2) is 0 Å². The van der Waals surface area contributed by atoms with Gasteiger partial charge in [-0.2, -0.15) is 0 Å². The van der Waals surface area contributed by atoms with Crippen molar-refractivity contribution in [1.82, 2.24) is 15.0 Å². The summed E-state index contributed by atoms with van der Waals surface area (Å²) in [5.74, 6) is -0.186. The molecule has 0 aliphatic heterocycles. The Morgan fingerprint density at radius 2 is 1.93 bits per heavy atom. The van der Waals surface area contributed by atoms with Crippen molar-refractivity contribution >= 4 is 28.3 Å². The van der Waals surface area contributed by atoms with Crippen LogP contribution in [0, 0.1) is 12.8 Å². The quantitative estimate of drug-likeness (QED) is 0.696. The van der Waals surface area contributed by atoms with Crippen LogP contribution in [-0.4, -0.2) is 27.0 Å². The second-order valence-corrected chi connectivity index (χ2v) is 8.67. The molecule has 150 valence electrons. The molecule has 0 saturated heterocycles. The number of alkyl halides is 1. The number of aryl methyl sites for hydroxylation is 1. The van der Waals surface area contributed by atoms with Gasteiger partial charge in [0, 0.05) is 34.5 Å². The van der Waals surface area contributed by atoms with E-state index in [-0.39, 0.29) is 17.7 Å². The number of fused-ring (bicyclic) bond motifs is 1. The van der Waals surface area contributed by atoms with Crippen LogP contribution in [-0.2, 0) is 10.2 Å². The number of nitrogen functional groups attached to an aromatic ring is 1. The van der Waals surface area contributed by atoms with Crippen molar-refractivity contribution in [2.75, 3.05) is 11.1 Å². The molecule has 3 aromatic heterocycles. The van der Waals surface area contributed by atoms with Gasteiger partial charge in [-0.3, -0.25) is 9.78 Å². The zero-order valence-corrected chi connectivity index (χ0v) is 17.0. The van der Waals surface area contributed by atoms with Gasteiger partial charge in [0.05, 0.1) is 11.6 Å². The van der Waals surface area contributed by atoms with E-state index in [4.69, 9.17) is 5.73 Å². The van der Waals surface area contributed by atoms with Gasteiger partial charge in [0.2, 0.25) is 5.91 Å². The SMILES string of the molecule is Cc1cc(C(C)(C)C)ncc1-c1cc2cc(NC(=O)C3CC3F)ncc2c(N)n1. The first-order chi connectivity index (χ1) is 13.6. The van der Waals surface area contributed by atoms with Crippen molar-refractivity contribution in [2.45, 2.75) is 45.7 Å². The molecule has 1 fully saturated rings. The first-order valence-corrected chi connectivity index (χ1v) is 9.62. The number of rotatable bonds is 3. The lowest BCUT2D eigenvalue weighted by molar-refractivity contribution is -0.117. The molecule has 0 bridgehead atoms. The number of hydrogen-bond donors (Lipinski definition) is 2. The Morgan fingerprint density at radius 3 is 2.55 bits per heavy atom. The average Bonchev–Trinajstić information content (AvgIpc) is 3.37. The van der Waals surface area contributed by atoms with Crippen LogP contribution in [0.2, 0.25) is 0 Å². The highest BCUT2D eigenvalue weighted by atomic mass is 19.1. The van der Waals surface area contributed by atoms with E-state index < -0.39 is 12.1 Å². The van der Waals surface area contributed by atoms with Crippen LogP contribution in [0.5, 0.6) is 0 Å². The van der Waals surface area contributed by atoms with E-state index in [0.717, 1.165) is 22.2 Å². The normalized spacial score (nSPS) is 18.7. The summed E-state index contributed by atoms with van der Waals surface area (Å²) in [4.78, 5) is 25.3. The molecule has 1 saturated carbocycles. The second kappa shape index (κ2) is 6.76. The number of amides is 1. The van der Waals surface area contributed by atoms with Crippen molar-refractivity contribution in [3.8, 4) is 11.3 Å². The van der Waals surface area contributed by atoms with Crippen molar-refractivity contribution in [1.29, 1.82) is 0 Å². The summed E-state index contributed by atoms with van der Waals surface area (Å²) in [7, 11) is 0. The van der Waals surface area contributed by atoms with Crippen molar-refractivity contribution in [3.63, 3.8) is 0 Å². The third kappa shape index (κ3) is 3.77. The lowest BCUT2D eigenvalue weighted by Crippen LogP contribution is -2.15. The summed E-state index contributed by atoms with van der Waals surface area (Å²) < 4.78 is 13.1. The lowest BCUT2D eigenvalue weighted by atomic mass is 9.90. The first kappa shape index (κ1) is 19.2. The van der Waals surface area contributed by atoms with Gasteiger partial charge in [-0.15, -0.1) is 0 Å². The molecule has 29 heavy (non-hydrogen) atoms. The third-order valence-corrected chi connectivity index (χ3v) is 5.20. The number of anilines is 2. The number of nitrogens with two attached hydrogens (primary N) is 1. The number of carbonyl (C=O) groups is 1. The molecule has 6 nitrogen and oxygen atoms in total. The van der Waals surface area contributed by atoms with E-state index in [1.165, 1.54) is 0 Å². The van der Waals surface area contributed by atoms with E-state index in [1.54, 1.807) is 12.3 Å². The fourth-order valence-electron chi connectivity index (χ4n) is 3.27. The maximum Gasteiger partial charge on any atom is 0.231 e. The number of aromatic nitrogens is 3. The predicted molar refractivity (Wildman–Crippen MR) is 112 cm³/mol. The van der Waals surface area contributed by atoms with Crippen LogP contribution in [0.4, 0.5) is 16.0 Å². The molecule has 4 rings (SSSR count). The molecule has 2 unspecified atom stereocenters. The minimum Gasteiger partial charge on any atom is -0.383 e. The smallest absolute Gasteiger partial charge is 0.231 e. The topological polar surface area (TPSA) is 93.8 Å². The molecule has 3 N–H and O–H groups in total. The Balaban J connectivity index is 1.71. The van der Waals surface area contributed by atoms with Gasteiger partial charge in [-0.05, 0) is 42.5 Å². The molecule has 1 aliphatic rings. The lowest BCUT2D eigenvalue weighted by Gasteiger charge is -2.19. The molecule has 2 atom stereocenters. The van der Waals surface area contributed by atoms with Crippen molar-refractivity contribution < 1.29 is 9.18 Å². The molecule has 7 heteroatoms. The minimum atomic E-state index is -1.05. The van der Waals surface area contributed by atoms with Gasteiger partial charge in [0.1, 0.15) is 17.8 Å². The minimum absolute atomic E-state index is 0.0436. The molecule has 0 radical (unpaired) electrons. The molecule has 0 spiro atoms. The van der Waals surface area contributed by atoms with E-state index in [9.17, 15) is 9.18 Å². The van der Waals surface area contributed by atoms with E-state index in [0.29, 0.717) is 22.7 Å². The maximum absolute atomic E-state index is 13.1. The molecule has 3 heterocycles. The zero-order chi connectivity index (χ0) is 20.9. The van der Waals surface area contributed by atoms with Crippen molar-refractivity contribution in [2.24, 2.45) is 5.92 Å². The average molecular weight is 393 g/mol. The van der Waals surface area contributed by atoms with Gasteiger partial charge >= 0.3 is 0 Å². The number of nitrogens with zero attached hydrogens (tertiary/aromatic N) is 3. The van der Waals surface area contributed by atoms with Crippen LogP contribution >= 0.6 is 0 Å². The highest BCUT2D eigenvalue weighted by molar-refractivity contribution is 5.98. The largest absolute Gasteiger partial charge is 0.383 e. The molecule has 1 amide bonds. The molecule has 3 aromatic rings. The fourth-order valence-corrected chi connectivity index (χ4v) is 3.27. The Labute approximate surface area is 168 Å². The van der Waals surface area contributed by atoms with Crippen LogP contribution in [0.25, 0.3) is 22.0 Å². The van der Waals surface area contributed by atoms with E-state index in [2.05, 4.69) is 47.1 Å². The zero-order valence-electron chi connectivity index (χ0n) is 17.0. The summed E-state index contributed by atoms with van der Waals surface area (Å²) in [5.41, 5.74) is 9.78. The number of carbonyl (C=O) groups excluding carboxylic acids is 1. The van der Waals surface area contributed by atoms with Gasteiger partial charge in [-0.25, -0.2) is 14.4 Å². The number of nitrogens with one attached hydrogen (secondary N) is 1. The molecular weight excluding hydrogens is 369 g/mol. The Morgan fingerprint density at radius 1 is 1.21 bits per heavy atom. The molecular formula is C22H24FN5O. The van der Waals surface area contributed by atoms with Crippen LogP contribution in [0.1, 0.15) is 38.4 Å². The summed E-state index contributed by atoms with van der Waals surface area (Å²) in [6, 6.07) is 5.70. The van der Waals surface area contributed by atoms with Gasteiger partial charge < -0.3 is 11.1 Å². The van der Waals surface area contributed by atoms with Crippen LogP contribution < -0.4 is 11.1 Å². The molecule has 0 aromatic carbocycles. The summed E-state index contributed by atoms with van der Waals surface area (Å²) in [5, 5.41) is 4.17. The number of halogens is 1. The second-order valence-electron chi connectivity index (χ2n) is 8.67. The van der Waals surface area contributed by atoms with E-state index in [1.807, 2.05) is 19.2 Å². The molecule has 1 aliphatic carbocycles.